The summed E-state index contributed by atoms with van der Waals surface area (Å²) in [5.74, 6) is 4.08. The fourth-order valence-corrected chi connectivity index (χ4v) is 0.937. The van der Waals surface area contributed by atoms with Crippen molar-refractivity contribution in [3.8, 4) is 0 Å². The summed E-state index contributed by atoms with van der Waals surface area (Å²) in [6.07, 6.45) is 1.19. The lowest BCUT2D eigenvalue weighted by Gasteiger charge is -1.93. The van der Waals surface area contributed by atoms with E-state index in [4.69, 9.17) is 5.84 Å². The molecule has 1 aromatic rings. The van der Waals surface area contributed by atoms with Crippen LogP contribution in [0.1, 0.15) is 17.4 Å². The second-order valence-electron chi connectivity index (χ2n) is 2.45. The molecule has 0 aliphatic rings. The summed E-state index contributed by atoms with van der Waals surface area (Å²) in [7, 11) is 0. The Balaban J connectivity index is 3.18. The smallest absolute Gasteiger partial charge is 0.289 e. The third kappa shape index (κ3) is 1.69. The number of nitrogen functional groups attached to an aromatic ring is 1. The molecule has 1 rings (SSSR count). The monoisotopic (exact) mass is 199 g/mol. The first-order valence-electron chi connectivity index (χ1n) is 3.83. The Bertz CT molecular complexity index is 372. The number of hydrogen-bond acceptors (Lipinski definition) is 5. The van der Waals surface area contributed by atoms with Crippen molar-refractivity contribution in [1.82, 2.24) is 15.2 Å². The average Bonchev–Trinajstić information content (AvgIpc) is 2.60. The highest BCUT2D eigenvalue weighted by Gasteiger charge is 2.24. The summed E-state index contributed by atoms with van der Waals surface area (Å²) in [5, 5.41) is 14.2. The summed E-state index contributed by atoms with van der Waals surface area (Å²) >= 11 is 0. The highest BCUT2D eigenvalue weighted by molar-refractivity contribution is 5.95. The van der Waals surface area contributed by atoms with Gasteiger partial charge >= 0.3 is 5.69 Å². The molecule has 0 fully saturated rings. The Morgan fingerprint density at radius 3 is 2.93 bits per heavy atom. The molecule has 0 aliphatic carbocycles. The fourth-order valence-electron chi connectivity index (χ4n) is 0.937. The van der Waals surface area contributed by atoms with Crippen LogP contribution in [0.4, 0.5) is 5.69 Å². The van der Waals surface area contributed by atoms with Crippen LogP contribution in [-0.2, 0) is 6.54 Å². The van der Waals surface area contributed by atoms with Crippen LogP contribution in [-0.4, -0.2) is 20.6 Å². The normalized spacial score (nSPS) is 9.86. The lowest BCUT2D eigenvalue weighted by atomic mass is 10.3. The summed E-state index contributed by atoms with van der Waals surface area (Å²) in [5.41, 5.74) is 1.16. The molecule has 14 heavy (non-hydrogen) atoms. The number of nitrogens with zero attached hydrogens (tertiary/aromatic N) is 3. The lowest BCUT2D eigenvalue weighted by molar-refractivity contribution is -0.385. The Labute approximate surface area is 78.8 Å². The average molecular weight is 199 g/mol. The molecule has 0 unspecified atom stereocenters. The van der Waals surface area contributed by atoms with Gasteiger partial charge in [-0.3, -0.25) is 25.0 Å². The maximum atomic E-state index is 11.1. The summed E-state index contributed by atoms with van der Waals surface area (Å²) < 4.78 is 1.29. The molecule has 0 atom stereocenters. The second-order valence-corrected chi connectivity index (χ2v) is 2.45. The van der Waals surface area contributed by atoms with E-state index in [0.717, 1.165) is 0 Å². The number of carbonyl (C=O) groups excluding carboxylic acids is 1. The molecule has 0 bridgehead atoms. The number of aryl methyl sites for hydroxylation is 1. The number of hydrazine groups is 1. The molecule has 8 heteroatoms. The molecule has 3 N–H and O–H groups in total. The quantitative estimate of drug-likeness (QED) is 0.292. The summed E-state index contributed by atoms with van der Waals surface area (Å²) in [6.45, 7) is 2.19. The zero-order valence-corrected chi connectivity index (χ0v) is 7.43. The Hall–Kier alpha value is -1.96. The molecule has 1 aromatic heterocycles. The molecule has 0 saturated carbocycles. The lowest BCUT2D eigenvalue weighted by Crippen LogP contribution is -2.30. The molecule has 1 heterocycles. The van der Waals surface area contributed by atoms with Crippen LogP contribution in [0.2, 0.25) is 0 Å². The number of aromatic nitrogens is 2. The number of hydrogen-bond donors (Lipinski definition) is 2. The SMILES string of the molecule is CCn1cc([N+](=O)[O-])c(C(=O)NN)n1. The standard InChI is InChI=1S/C6H9N5O3/c1-2-10-3-4(11(13)14)5(9-10)6(12)8-7/h3H,2,7H2,1H3,(H,8,12). The van der Waals surface area contributed by atoms with E-state index in [1.54, 1.807) is 12.3 Å². The molecule has 0 saturated heterocycles. The molecule has 0 aliphatic heterocycles. The number of carbonyl (C=O) groups is 1. The van der Waals surface area contributed by atoms with Gasteiger partial charge in [0.2, 0.25) is 5.69 Å². The highest BCUT2D eigenvalue weighted by Crippen LogP contribution is 2.15. The highest BCUT2D eigenvalue weighted by atomic mass is 16.6. The first-order chi connectivity index (χ1) is 6.60. The minimum Gasteiger partial charge on any atom is -0.289 e. The van der Waals surface area contributed by atoms with Gasteiger partial charge in [0, 0.05) is 6.54 Å². The molecule has 0 aromatic carbocycles. The molecule has 8 nitrogen and oxygen atoms in total. The predicted molar refractivity (Wildman–Crippen MR) is 46.2 cm³/mol. The molecular formula is C6H9N5O3. The Kier molecular flexibility index (Phi) is 2.77. The van der Waals surface area contributed by atoms with Crippen LogP contribution in [0, 0.1) is 10.1 Å². The van der Waals surface area contributed by atoms with Gasteiger partial charge in [0.05, 0.1) is 4.92 Å². The maximum Gasteiger partial charge on any atom is 0.320 e. The van der Waals surface area contributed by atoms with E-state index in [-0.39, 0.29) is 11.4 Å². The molecule has 0 radical (unpaired) electrons. The Morgan fingerprint density at radius 1 is 1.86 bits per heavy atom. The molecule has 0 spiro atoms. The van der Waals surface area contributed by atoms with Crippen LogP contribution >= 0.6 is 0 Å². The van der Waals surface area contributed by atoms with E-state index >= 15 is 0 Å². The minimum absolute atomic E-state index is 0.278. The van der Waals surface area contributed by atoms with Gasteiger partial charge in [-0.1, -0.05) is 0 Å². The molecule has 76 valence electrons. The van der Waals surface area contributed by atoms with Crippen molar-refractivity contribution in [2.45, 2.75) is 13.5 Å². The number of nitro groups is 1. The van der Waals surface area contributed by atoms with Gasteiger partial charge < -0.3 is 0 Å². The van der Waals surface area contributed by atoms with Crippen molar-refractivity contribution >= 4 is 11.6 Å². The van der Waals surface area contributed by atoms with E-state index in [2.05, 4.69) is 5.10 Å². The largest absolute Gasteiger partial charge is 0.320 e. The van der Waals surface area contributed by atoms with Gasteiger partial charge in [0.1, 0.15) is 6.20 Å². The zero-order valence-electron chi connectivity index (χ0n) is 7.43. The van der Waals surface area contributed by atoms with E-state index in [1.165, 1.54) is 10.9 Å². The van der Waals surface area contributed by atoms with Crippen LogP contribution in [0.3, 0.4) is 0 Å². The molecule has 1 amide bonds. The van der Waals surface area contributed by atoms with Crippen molar-refractivity contribution in [2.75, 3.05) is 0 Å². The zero-order chi connectivity index (χ0) is 10.7. The van der Waals surface area contributed by atoms with Gasteiger partial charge in [-0.25, -0.2) is 5.84 Å². The van der Waals surface area contributed by atoms with E-state index in [0.29, 0.717) is 6.54 Å². The number of nitrogens with one attached hydrogen (secondary N) is 1. The third-order valence-electron chi connectivity index (χ3n) is 1.61. The minimum atomic E-state index is -0.774. The van der Waals surface area contributed by atoms with Gasteiger partial charge in [-0.05, 0) is 6.92 Å². The first-order valence-corrected chi connectivity index (χ1v) is 3.83. The predicted octanol–water partition coefficient (Wildman–Crippen LogP) is -0.585. The van der Waals surface area contributed by atoms with E-state index in [9.17, 15) is 14.9 Å². The van der Waals surface area contributed by atoms with Crippen molar-refractivity contribution in [2.24, 2.45) is 5.84 Å². The van der Waals surface area contributed by atoms with E-state index in [1.807, 2.05) is 0 Å². The van der Waals surface area contributed by atoms with Crippen LogP contribution < -0.4 is 11.3 Å². The summed E-state index contributed by atoms with van der Waals surface area (Å²) in [4.78, 5) is 20.9. The van der Waals surface area contributed by atoms with Crippen molar-refractivity contribution in [3.05, 3.63) is 22.0 Å². The fraction of sp³-hybridized carbons (Fsp3) is 0.333. The van der Waals surface area contributed by atoms with Gasteiger partial charge in [-0.2, -0.15) is 5.10 Å². The second kappa shape index (κ2) is 3.83. The topological polar surface area (TPSA) is 116 Å². The van der Waals surface area contributed by atoms with Crippen LogP contribution in [0.25, 0.3) is 0 Å². The molecular weight excluding hydrogens is 190 g/mol. The van der Waals surface area contributed by atoms with Gasteiger partial charge in [-0.15, -0.1) is 0 Å². The number of nitrogens with two attached hydrogens (primary N) is 1. The van der Waals surface area contributed by atoms with Crippen molar-refractivity contribution in [3.63, 3.8) is 0 Å². The Morgan fingerprint density at radius 2 is 2.50 bits per heavy atom. The van der Waals surface area contributed by atoms with Crippen LogP contribution in [0.5, 0.6) is 0 Å². The first kappa shape index (κ1) is 10.1. The van der Waals surface area contributed by atoms with Crippen molar-refractivity contribution in [1.29, 1.82) is 0 Å². The number of amides is 1. The summed E-state index contributed by atoms with van der Waals surface area (Å²) in [6, 6.07) is 0. The van der Waals surface area contributed by atoms with Crippen molar-refractivity contribution < 1.29 is 9.72 Å². The van der Waals surface area contributed by atoms with Gasteiger partial charge in [0.15, 0.2) is 0 Å². The maximum absolute atomic E-state index is 11.1. The van der Waals surface area contributed by atoms with Gasteiger partial charge in [0.25, 0.3) is 5.91 Å². The van der Waals surface area contributed by atoms with Crippen LogP contribution in [0.15, 0.2) is 6.20 Å². The number of rotatable bonds is 3. The third-order valence-corrected chi connectivity index (χ3v) is 1.61. The van der Waals surface area contributed by atoms with E-state index < -0.39 is 10.8 Å².